The van der Waals surface area contributed by atoms with E-state index in [1.807, 2.05) is 0 Å². The minimum atomic E-state index is 0.905. The van der Waals surface area contributed by atoms with Crippen LogP contribution in [-0.2, 0) is 4.74 Å². The van der Waals surface area contributed by atoms with Gasteiger partial charge in [-0.05, 0) is 32.1 Å². The molecule has 0 atom stereocenters. The molecule has 0 aliphatic heterocycles. The Morgan fingerprint density at radius 2 is 1.26 bits per heavy atom. The van der Waals surface area contributed by atoms with Gasteiger partial charge >= 0.3 is 0 Å². The summed E-state index contributed by atoms with van der Waals surface area (Å²) in [6, 6.07) is 0. The lowest BCUT2D eigenvalue weighted by Crippen LogP contribution is -2.43. The summed E-state index contributed by atoms with van der Waals surface area (Å²) in [5.74, 6) is 0. The maximum absolute atomic E-state index is 5.58. The molecule has 0 heterocycles. The Hall–Kier alpha value is -0.120. The summed E-state index contributed by atoms with van der Waals surface area (Å²) in [4.78, 5) is 0. The van der Waals surface area contributed by atoms with Gasteiger partial charge in [0.25, 0.3) is 0 Å². The topological polar surface area (TPSA) is 9.23 Å². The highest BCUT2D eigenvalue weighted by Crippen LogP contribution is 2.07. The zero-order valence-electron chi connectivity index (χ0n) is 14.4. The lowest BCUT2D eigenvalue weighted by atomic mass is 10.1. The molecule has 0 radical (unpaired) electrons. The third kappa shape index (κ3) is 14.1. The van der Waals surface area contributed by atoms with Crippen LogP contribution < -0.4 is 0 Å². The molecule has 0 aromatic rings. The van der Waals surface area contributed by atoms with Gasteiger partial charge in [-0.2, -0.15) is 0 Å². The monoisotopic (exact) mass is 274 g/mol. The van der Waals surface area contributed by atoms with Crippen molar-refractivity contribution in [2.45, 2.75) is 39.0 Å². The SMILES string of the molecule is CCCOCC[N+](C)(C)CCCCCC[N+](C)(C)C. The maximum atomic E-state index is 5.58. The van der Waals surface area contributed by atoms with E-state index in [9.17, 15) is 0 Å². The molecule has 116 valence electrons. The molecule has 0 spiro atoms. The number of quaternary nitrogens is 2. The van der Waals surface area contributed by atoms with E-state index in [1.165, 1.54) is 38.8 Å². The lowest BCUT2D eigenvalue weighted by Gasteiger charge is -2.29. The van der Waals surface area contributed by atoms with Crippen LogP contribution in [0.2, 0.25) is 0 Å². The Kier molecular flexibility index (Phi) is 9.67. The van der Waals surface area contributed by atoms with Gasteiger partial charge < -0.3 is 13.7 Å². The molecule has 19 heavy (non-hydrogen) atoms. The Balaban J connectivity index is 3.47. The van der Waals surface area contributed by atoms with Crippen molar-refractivity contribution >= 4 is 0 Å². The van der Waals surface area contributed by atoms with Crippen LogP contribution >= 0.6 is 0 Å². The molecule has 0 unspecified atom stereocenters. The molecule has 3 heteroatoms. The molecule has 0 aromatic heterocycles. The maximum Gasteiger partial charge on any atom is 0.102 e. The standard InChI is InChI=1S/C16H38N2O/c1-7-15-19-16-14-18(5,6)13-11-9-8-10-12-17(2,3)4/h7-16H2,1-6H3/q+2. The van der Waals surface area contributed by atoms with Crippen LogP contribution in [0.3, 0.4) is 0 Å². The van der Waals surface area contributed by atoms with Crippen LogP contribution in [-0.4, -0.2) is 77.1 Å². The normalized spacial score (nSPS) is 12.9. The third-order valence-electron chi connectivity index (χ3n) is 3.53. The van der Waals surface area contributed by atoms with E-state index in [2.05, 4.69) is 42.2 Å². The number of rotatable bonds is 12. The summed E-state index contributed by atoms with van der Waals surface area (Å²) in [5, 5.41) is 0. The van der Waals surface area contributed by atoms with Crippen LogP contribution in [0, 0.1) is 0 Å². The van der Waals surface area contributed by atoms with Gasteiger partial charge in [-0.1, -0.05) is 6.92 Å². The number of hydrogen-bond acceptors (Lipinski definition) is 1. The van der Waals surface area contributed by atoms with Crippen LogP contribution in [0.1, 0.15) is 39.0 Å². The fourth-order valence-corrected chi connectivity index (χ4v) is 2.15. The van der Waals surface area contributed by atoms with Crippen molar-refractivity contribution in [2.75, 3.05) is 68.1 Å². The van der Waals surface area contributed by atoms with Crippen molar-refractivity contribution in [3.63, 3.8) is 0 Å². The summed E-state index contributed by atoms with van der Waals surface area (Å²) in [6.45, 7) is 7.69. The van der Waals surface area contributed by atoms with E-state index in [-0.39, 0.29) is 0 Å². The predicted octanol–water partition coefficient (Wildman–Crippen LogP) is 2.76. The Labute approximate surface area is 121 Å². The Bertz CT molecular complexity index is 209. The van der Waals surface area contributed by atoms with E-state index in [4.69, 9.17) is 4.74 Å². The first-order valence-corrected chi connectivity index (χ1v) is 7.97. The largest absolute Gasteiger partial charge is 0.376 e. The minimum Gasteiger partial charge on any atom is -0.376 e. The molecule has 3 nitrogen and oxygen atoms in total. The quantitative estimate of drug-likeness (QED) is 0.393. The minimum absolute atomic E-state index is 0.905. The van der Waals surface area contributed by atoms with Gasteiger partial charge in [-0.25, -0.2) is 0 Å². The molecule has 0 saturated heterocycles. The van der Waals surface area contributed by atoms with Gasteiger partial charge in [0, 0.05) is 6.61 Å². The predicted molar refractivity (Wildman–Crippen MR) is 84.3 cm³/mol. The molecule has 0 N–H and O–H groups in total. The van der Waals surface area contributed by atoms with Crippen molar-refractivity contribution in [3.8, 4) is 0 Å². The number of likely N-dealkylation sites (N-methyl/N-ethyl adjacent to an activating group) is 1. The summed E-state index contributed by atoms with van der Waals surface area (Å²) in [5.41, 5.74) is 0. The van der Waals surface area contributed by atoms with E-state index >= 15 is 0 Å². The van der Waals surface area contributed by atoms with Gasteiger partial charge in [0.1, 0.15) is 6.54 Å². The van der Waals surface area contributed by atoms with Gasteiger partial charge in [0.2, 0.25) is 0 Å². The van der Waals surface area contributed by atoms with Crippen molar-refractivity contribution in [1.82, 2.24) is 0 Å². The average molecular weight is 274 g/mol. The second kappa shape index (κ2) is 9.73. The second-order valence-corrected chi connectivity index (χ2v) is 7.42. The first-order chi connectivity index (χ1) is 8.77. The van der Waals surface area contributed by atoms with Crippen molar-refractivity contribution in [2.24, 2.45) is 0 Å². The molecule has 0 rings (SSSR count). The molecule has 0 aliphatic carbocycles. The highest BCUT2D eigenvalue weighted by molar-refractivity contribution is 4.44. The van der Waals surface area contributed by atoms with E-state index in [0.29, 0.717) is 0 Å². The highest BCUT2D eigenvalue weighted by atomic mass is 16.5. The average Bonchev–Trinajstić information content (AvgIpc) is 2.28. The van der Waals surface area contributed by atoms with Crippen LogP contribution in [0.5, 0.6) is 0 Å². The van der Waals surface area contributed by atoms with Crippen LogP contribution in [0.4, 0.5) is 0 Å². The van der Waals surface area contributed by atoms with E-state index in [1.54, 1.807) is 0 Å². The fourth-order valence-electron chi connectivity index (χ4n) is 2.15. The zero-order chi connectivity index (χ0) is 14.8. The van der Waals surface area contributed by atoms with Gasteiger partial charge in [-0.15, -0.1) is 0 Å². The molecule has 0 aliphatic rings. The highest BCUT2D eigenvalue weighted by Gasteiger charge is 2.14. The summed E-state index contributed by atoms with van der Waals surface area (Å²) >= 11 is 0. The first kappa shape index (κ1) is 18.9. The zero-order valence-corrected chi connectivity index (χ0v) is 14.4. The van der Waals surface area contributed by atoms with Gasteiger partial charge in [0.05, 0.1) is 54.9 Å². The molecule has 0 bridgehead atoms. The molecule has 0 amide bonds. The Morgan fingerprint density at radius 1 is 0.684 bits per heavy atom. The van der Waals surface area contributed by atoms with Gasteiger partial charge in [-0.3, -0.25) is 0 Å². The van der Waals surface area contributed by atoms with Crippen molar-refractivity contribution in [3.05, 3.63) is 0 Å². The molecule has 0 saturated carbocycles. The smallest absolute Gasteiger partial charge is 0.102 e. The fraction of sp³-hybridized carbons (Fsp3) is 1.00. The van der Waals surface area contributed by atoms with E-state index < -0.39 is 0 Å². The molecule has 0 aromatic carbocycles. The number of nitrogens with zero attached hydrogens (tertiary/aromatic N) is 2. The molecular weight excluding hydrogens is 236 g/mol. The van der Waals surface area contributed by atoms with E-state index in [0.717, 1.165) is 35.1 Å². The first-order valence-electron chi connectivity index (χ1n) is 7.97. The summed E-state index contributed by atoms with van der Waals surface area (Å²) in [6.07, 6.45) is 6.58. The van der Waals surface area contributed by atoms with Gasteiger partial charge in [0.15, 0.2) is 0 Å². The van der Waals surface area contributed by atoms with Crippen LogP contribution in [0.25, 0.3) is 0 Å². The lowest BCUT2D eigenvalue weighted by molar-refractivity contribution is -0.891. The summed E-state index contributed by atoms with van der Waals surface area (Å²) in [7, 11) is 11.5. The van der Waals surface area contributed by atoms with Crippen molar-refractivity contribution < 1.29 is 13.7 Å². The molecular formula is C16H38N2O+2. The number of ether oxygens (including phenoxy) is 1. The third-order valence-corrected chi connectivity index (χ3v) is 3.53. The number of unbranched alkanes of at least 4 members (excludes halogenated alkanes) is 3. The number of hydrogen-bond donors (Lipinski definition) is 0. The Morgan fingerprint density at radius 3 is 1.79 bits per heavy atom. The molecule has 0 fully saturated rings. The van der Waals surface area contributed by atoms with Crippen molar-refractivity contribution in [1.29, 1.82) is 0 Å². The second-order valence-electron chi connectivity index (χ2n) is 7.42. The summed E-state index contributed by atoms with van der Waals surface area (Å²) < 4.78 is 7.77. The van der Waals surface area contributed by atoms with Crippen LogP contribution in [0.15, 0.2) is 0 Å².